The largest absolute Gasteiger partial charge is 1.00 e. The zero-order chi connectivity index (χ0) is 23.3. The zero-order valence-electron chi connectivity index (χ0n) is 18.7. The van der Waals surface area contributed by atoms with Gasteiger partial charge in [0.25, 0.3) is 5.91 Å². The van der Waals surface area contributed by atoms with E-state index in [2.05, 4.69) is 29.8 Å². The minimum atomic E-state index is -4.63. The minimum absolute atomic E-state index is 0. The van der Waals surface area contributed by atoms with Crippen molar-refractivity contribution in [1.29, 1.82) is 0 Å². The normalized spacial score (nSPS) is 11.1. The molecule has 0 fully saturated rings. The molecule has 1 atom stereocenters. The summed E-state index contributed by atoms with van der Waals surface area (Å²) in [4.78, 5) is 22.5. The van der Waals surface area contributed by atoms with Crippen LogP contribution in [0, 0.1) is 5.92 Å². The van der Waals surface area contributed by atoms with Crippen LogP contribution in [-0.4, -0.2) is 36.8 Å². The van der Waals surface area contributed by atoms with E-state index in [1.54, 1.807) is 44.2 Å². The van der Waals surface area contributed by atoms with Crippen molar-refractivity contribution in [3.05, 3.63) is 61.2 Å². The van der Waals surface area contributed by atoms with Crippen molar-refractivity contribution in [1.82, 2.24) is 5.32 Å². The second kappa shape index (κ2) is 16.0. The summed E-state index contributed by atoms with van der Waals surface area (Å²) in [5, 5.41) is 0.744. The van der Waals surface area contributed by atoms with Crippen molar-refractivity contribution in [3.8, 4) is 0 Å². The van der Waals surface area contributed by atoms with Crippen LogP contribution in [0.1, 0.15) is 44.7 Å². The van der Waals surface area contributed by atoms with Gasteiger partial charge in [-0.05, 0) is 23.5 Å². The number of ether oxygens (including phenoxy) is 1. The van der Waals surface area contributed by atoms with Gasteiger partial charge in [0.15, 0.2) is 0 Å². The number of hydrogen-bond donors (Lipinski definition) is 1. The molecule has 0 saturated carbocycles. The van der Waals surface area contributed by atoms with Gasteiger partial charge in [-0.3, -0.25) is 4.79 Å². The first kappa shape index (κ1) is 31.5. The summed E-state index contributed by atoms with van der Waals surface area (Å²) >= 11 is 0. The van der Waals surface area contributed by atoms with Gasteiger partial charge in [-0.1, -0.05) is 77.3 Å². The maximum atomic E-state index is 12.1. The van der Waals surface area contributed by atoms with E-state index in [4.69, 9.17) is 0 Å². The van der Waals surface area contributed by atoms with E-state index in [0.717, 1.165) is 12.8 Å². The number of benzene rings is 1. The molecule has 1 unspecified atom stereocenters. The van der Waals surface area contributed by atoms with Crippen LogP contribution in [0.3, 0.4) is 0 Å². The number of carbonyl (C=O) groups is 2. The number of esters is 1. The Labute approximate surface area is 207 Å². The predicted octanol–water partition coefficient (Wildman–Crippen LogP) is 0.506. The molecular weight excluding hydrogens is 429 g/mol. The fraction of sp³-hybridized carbons (Fsp3) is 0.364. The summed E-state index contributed by atoms with van der Waals surface area (Å²) in [7, 11) is -4.63. The molecule has 1 aromatic rings. The standard InChI is InChI=1S/C15H19NO4S.C7H12O2.Na/c1-5-12-8-6-7-9-13(12)11(4)14(17)16-15(10(2)3)21(18,19)20;1-3-5-6-9-7(8)4-2;/h5-10,15H,1,4H2,2-3H3,(H,16,17)(H,18,19,20);4H,2-3,5-6H2,1H3;/q;;+1/p-1. The van der Waals surface area contributed by atoms with Crippen LogP contribution in [0.2, 0.25) is 0 Å². The summed E-state index contributed by atoms with van der Waals surface area (Å²) in [5.41, 5.74) is 1.32. The summed E-state index contributed by atoms with van der Waals surface area (Å²) in [6, 6.07) is 6.94. The number of rotatable bonds is 10. The predicted molar refractivity (Wildman–Crippen MR) is 118 cm³/mol. The Hall–Kier alpha value is -1.71. The Kier molecular flexibility index (Phi) is 16.2. The number of unbranched alkanes of at least 4 members (excludes halogenated alkanes) is 1. The Balaban J connectivity index is 0. The van der Waals surface area contributed by atoms with Crippen molar-refractivity contribution < 1.29 is 56.9 Å². The first-order chi connectivity index (χ1) is 14.0. The Morgan fingerprint density at radius 2 is 1.81 bits per heavy atom. The second-order valence-electron chi connectivity index (χ2n) is 6.63. The topological polar surface area (TPSA) is 113 Å². The molecule has 0 saturated heterocycles. The van der Waals surface area contributed by atoms with Gasteiger partial charge in [0, 0.05) is 11.6 Å². The average molecular weight is 460 g/mol. The fourth-order valence-electron chi connectivity index (χ4n) is 2.24. The van der Waals surface area contributed by atoms with Crippen LogP contribution in [0.4, 0.5) is 0 Å². The van der Waals surface area contributed by atoms with Gasteiger partial charge in [0.2, 0.25) is 0 Å². The smallest absolute Gasteiger partial charge is 0.746 e. The first-order valence-corrected chi connectivity index (χ1v) is 10.9. The summed E-state index contributed by atoms with van der Waals surface area (Å²) in [5.74, 6) is -1.57. The van der Waals surface area contributed by atoms with Gasteiger partial charge in [-0.25, -0.2) is 13.2 Å². The Morgan fingerprint density at radius 1 is 1.23 bits per heavy atom. The molecule has 1 rings (SSSR count). The average Bonchev–Trinajstić information content (AvgIpc) is 2.70. The van der Waals surface area contributed by atoms with Gasteiger partial charge in [0.1, 0.15) is 15.5 Å². The van der Waals surface area contributed by atoms with Crippen LogP contribution in [0.25, 0.3) is 11.6 Å². The number of amides is 1. The summed E-state index contributed by atoms with van der Waals surface area (Å²) in [6.07, 6.45) is 4.72. The second-order valence-corrected chi connectivity index (χ2v) is 8.12. The third kappa shape index (κ3) is 12.0. The molecule has 0 spiro atoms. The van der Waals surface area contributed by atoms with Crippen LogP contribution in [0.5, 0.6) is 0 Å². The van der Waals surface area contributed by atoms with E-state index in [0.29, 0.717) is 17.7 Å². The van der Waals surface area contributed by atoms with Gasteiger partial charge < -0.3 is 14.6 Å². The third-order valence-electron chi connectivity index (χ3n) is 3.88. The van der Waals surface area contributed by atoms with Gasteiger partial charge in [-0.2, -0.15) is 0 Å². The molecule has 1 N–H and O–H groups in total. The van der Waals surface area contributed by atoms with Crippen LogP contribution in [-0.2, 0) is 24.4 Å². The van der Waals surface area contributed by atoms with Crippen LogP contribution >= 0.6 is 0 Å². The fourth-order valence-corrected chi connectivity index (χ4v) is 3.15. The van der Waals surface area contributed by atoms with Crippen LogP contribution < -0.4 is 34.9 Å². The van der Waals surface area contributed by atoms with E-state index in [-0.39, 0.29) is 41.1 Å². The monoisotopic (exact) mass is 459 g/mol. The minimum Gasteiger partial charge on any atom is -0.746 e. The third-order valence-corrected chi connectivity index (χ3v) is 5.16. The number of hydrogen-bond acceptors (Lipinski definition) is 6. The molecule has 1 aromatic carbocycles. The zero-order valence-corrected chi connectivity index (χ0v) is 21.5. The van der Waals surface area contributed by atoms with E-state index in [1.807, 2.05) is 6.92 Å². The maximum absolute atomic E-state index is 12.1. The molecule has 0 aromatic heterocycles. The van der Waals surface area contributed by atoms with Crippen molar-refractivity contribution in [3.63, 3.8) is 0 Å². The maximum Gasteiger partial charge on any atom is 1.00 e. The molecule has 0 aliphatic carbocycles. The van der Waals surface area contributed by atoms with Gasteiger partial charge >= 0.3 is 35.5 Å². The molecule has 0 radical (unpaired) electrons. The van der Waals surface area contributed by atoms with E-state index < -0.39 is 27.3 Å². The van der Waals surface area contributed by atoms with Crippen molar-refractivity contribution >= 4 is 33.6 Å². The summed E-state index contributed by atoms with van der Waals surface area (Å²) < 4.78 is 38.2. The van der Waals surface area contributed by atoms with E-state index in [9.17, 15) is 22.6 Å². The van der Waals surface area contributed by atoms with Gasteiger partial charge in [-0.15, -0.1) is 0 Å². The Bertz CT molecular complexity index is 865. The van der Waals surface area contributed by atoms with Crippen molar-refractivity contribution in [2.24, 2.45) is 5.92 Å². The Morgan fingerprint density at radius 3 is 2.26 bits per heavy atom. The molecule has 0 aliphatic heterocycles. The quantitative estimate of drug-likeness (QED) is 0.179. The van der Waals surface area contributed by atoms with E-state index in [1.165, 1.54) is 6.08 Å². The summed E-state index contributed by atoms with van der Waals surface area (Å²) in [6.45, 7) is 16.2. The molecule has 31 heavy (non-hydrogen) atoms. The van der Waals surface area contributed by atoms with E-state index >= 15 is 0 Å². The molecule has 166 valence electrons. The molecule has 0 bridgehead atoms. The molecule has 0 heterocycles. The molecule has 9 heteroatoms. The number of nitrogens with one attached hydrogen (secondary N) is 1. The SMILES string of the molecule is C=CC(=O)OCCCC.C=Cc1ccccc1C(=C)C(=O)NC(C(C)C)S(=O)(=O)[O-].[Na+]. The van der Waals surface area contributed by atoms with Crippen LogP contribution in [0.15, 0.2) is 50.1 Å². The number of carbonyl (C=O) groups excluding carboxylic acids is 2. The molecule has 7 nitrogen and oxygen atoms in total. The molecular formula is C22H30NNaO6S. The molecule has 0 aliphatic rings. The first-order valence-electron chi connectivity index (χ1n) is 9.45. The van der Waals surface area contributed by atoms with Gasteiger partial charge in [0.05, 0.1) is 6.61 Å². The van der Waals surface area contributed by atoms with Crippen molar-refractivity contribution in [2.75, 3.05) is 6.61 Å². The molecule has 1 amide bonds. The van der Waals surface area contributed by atoms with Crippen molar-refractivity contribution in [2.45, 2.75) is 39.0 Å².